The molecule has 0 fully saturated rings. The molecule has 0 amide bonds. The van der Waals surface area contributed by atoms with E-state index >= 15 is 0 Å². The lowest BCUT2D eigenvalue weighted by Gasteiger charge is -2.14. The number of hydrogen-bond donors (Lipinski definition) is 0. The van der Waals surface area contributed by atoms with Crippen LogP contribution in [-0.2, 0) is 6.61 Å². The SMILES string of the molecule is COc1cc(COc2ccc3c(-c4ccccc4)cc(=O)oc3c2)cc(OC)c1OC. The summed E-state index contributed by atoms with van der Waals surface area (Å²) in [4.78, 5) is 12.1. The van der Waals surface area contributed by atoms with Gasteiger partial charge in [0.05, 0.1) is 21.3 Å². The highest BCUT2D eigenvalue weighted by Crippen LogP contribution is 2.38. The summed E-state index contributed by atoms with van der Waals surface area (Å²) < 4.78 is 27.5. The van der Waals surface area contributed by atoms with Gasteiger partial charge < -0.3 is 23.4 Å². The molecule has 0 atom stereocenters. The van der Waals surface area contributed by atoms with Crippen molar-refractivity contribution >= 4 is 11.0 Å². The third kappa shape index (κ3) is 4.19. The second kappa shape index (κ2) is 8.83. The molecule has 3 aromatic carbocycles. The Kier molecular flexibility index (Phi) is 5.80. The number of benzene rings is 3. The van der Waals surface area contributed by atoms with Crippen molar-refractivity contribution in [3.05, 3.63) is 82.7 Å². The second-order valence-electron chi connectivity index (χ2n) is 6.83. The van der Waals surface area contributed by atoms with Crippen molar-refractivity contribution in [2.75, 3.05) is 21.3 Å². The van der Waals surface area contributed by atoms with Crippen LogP contribution >= 0.6 is 0 Å². The Balaban J connectivity index is 1.64. The molecule has 6 nitrogen and oxygen atoms in total. The minimum absolute atomic E-state index is 0.269. The van der Waals surface area contributed by atoms with E-state index in [9.17, 15) is 4.79 Å². The van der Waals surface area contributed by atoms with Gasteiger partial charge in [-0.05, 0) is 41.0 Å². The molecule has 1 heterocycles. The van der Waals surface area contributed by atoms with E-state index < -0.39 is 5.63 Å². The summed E-state index contributed by atoms with van der Waals surface area (Å²) in [5, 5.41) is 0.839. The standard InChI is InChI=1S/C25H22O6/c1-27-22-11-16(12-23(28-2)25(22)29-3)15-30-18-9-10-19-20(17-7-5-4-6-8-17)14-24(26)31-21(19)13-18/h4-14H,15H2,1-3H3. The minimum Gasteiger partial charge on any atom is -0.493 e. The van der Waals surface area contributed by atoms with Crippen molar-refractivity contribution in [3.8, 4) is 34.1 Å². The van der Waals surface area contributed by atoms with Crippen molar-refractivity contribution < 1.29 is 23.4 Å². The molecule has 0 spiro atoms. The molecule has 4 aromatic rings. The first-order valence-electron chi connectivity index (χ1n) is 9.68. The molecule has 0 aliphatic carbocycles. The van der Waals surface area contributed by atoms with Crippen LogP contribution in [0.15, 0.2) is 75.9 Å². The summed E-state index contributed by atoms with van der Waals surface area (Å²) in [5.74, 6) is 2.21. The lowest BCUT2D eigenvalue weighted by molar-refractivity contribution is 0.298. The monoisotopic (exact) mass is 418 g/mol. The predicted octanol–water partition coefficient (Wildman–Crippen LogP) is 5.06. The molecular formula is C25H22O6. The van der Waals surface area contributed by atoms with E-state index in [4.69, 9.17) is 23.4 Å². The zero-order valence-electron chi connectivity index (χ0n) is 17.5. The number of fused-ring (bicyclic) bond motifs is 1. The van der Waals surface area contributed by atoms with Crippen molar-refractivity contribution in [2.45, 2.75) is 6.61 Å². The van der Waals surface area contributed by atoms with Crippen LogP contribution in [0.3, 0.4) is 0 Å². The molecule has 0 bridgehead atoms. The molecule has 0 unspecified atom stereocenters. The first-order valence-corrected chi connectivity index (χ1v) is 9.68. The van der Waals surface area contributed by atoms with Crippen molar-refractivity contribution in [3.63, 3.8) is 0 Å². The lowest BCUT2D eigenvalue weighted by Crippen LogP contribution is -2.01. The van der Waals surface area contributed by atoms with Crippen LogP contribution in [0.2, 0.25) is 0 Å². The number of rotatable bonds is 7. The van der Waals surface area contributed by atoms with Crippen LogP contribution < -0.4 is 24.6 Å². The Morgan fingerprint density at radius 2 is 1.52 bits per heavy atom. The summed E-state index contributed by atoms with van der Waals surface area (Å²) in [7, 11) is 4.69. The van der Waals surface area contributed by atoms with Crippen LogP contribution in [0, 0.1) is 0 Å². The fourth-order valence-electron chi connectivity index (χ4n) is 3.47. The zero-order valence-corrected chi connectivity index (χ0v) is 17.5. The first-order chi connectivity index (χ1) is 15.1. The Hall–Kier alpha value is -3.93. The van der Waals surface area contributed by atoms with Gasteiger partial charge in [0.15, 0.2) is 11.5 Å². The van der Waals surface area contributed by atoms with E-state index in [2.05, 4.69) is 0 Å². The predicted molar refractivity (Wildman–Crippen MR) is 118 cm³/mol. The molecule has 0 aliphatic rings. The molecule has 0 saturated carbocycles. The molecule has 0 radical (unpaired) electrons. The molecule has 0 aliphatic heterocycles. The van der Waals surface area contributed by atoms with Gasteiger partial charge in [0.25, 0.3) is 0 Å². The number of hydrogen-bond acceptors (Lipinski definition) is 6. The fraction of sp³-hybridized carbons (Fsp3) is 0.160. The first kappa shape index (κ1) is 20.3. The van der Waals surface area contributed by atoms with E-state index in [1.54, 1.807) is 27.4 Å². The Bertz CT molecular complexity index is 1240. The molecule has 1 aromatic heterocycles. The summed E-state index contributed by atoms with van der Waals surface area (Å²) >= 11 is 0. The van der Waals surface area contributed by atoms with E-state index in [0.717, 1.165) is 22.1 Å². The van der Waals surface area contributed by atoms with E-state index in [1.165, 1.54) is 6.07 Å². The van der Waals surface area contributed by atoms with Gasteiger partial charge in [-0.3, -0.25) is 0 Å². The topological polar surface area (TPSA) is 67.1 Å². The van der Waals surface area contributed by atoms with Gasteiger partial charge in [-0.25, -0.2) is 4.79 Å². The average Bonchev–Trinajstić information content (AvgIpc) is 2.81. The maximum atomic E-state index is 12.1. The minimum atomic E-state index is -0.409. The zero-order chi connectivity index (χ0) is 21.8. The highest BCUT2D eigenvalue weighted by Gasteiger charge is 2.14. The third-order valence-electron chi connectivity index (χ3n) is 4.93. The number of methoxy groups -OCH3 is 3. The second-order valence-corrected chi connectivity index (χ2v) is 6.83. The Morgan fingerprint density at radius 1 is 0.806 bits per heavy atom. The summed E-state index contributed by atoms with van der Waals surface area (Å²) in [6.07, 6.45) is 0. The molecular weight excluding hydrogens is 396 g/mol. The summed E-state index contributed by atoms with van der Waals surface area (Å²) in [5.41, 5.74) is 2.67. The third-order valence-corrected chi connectivity index (χ3v) is 4.93. The maximum Gasteiger partial charge on any atom is 0.336 e. The van der Waals surface area contributed by atoms with E-state index in [1.807, 2.05) is 54.6 Å². The maximum absolute atomic E-state index is 12.1. The smallest absolute Gasteiger partial charge is 0.336 e. The van der Waals surface area contributed by atoms with Crippen LogP contribution in [-0.4, -0.2) is 21.3 Å². The van der Waals surface area contributed by atoms with Crippen LogP contribution in [0.4, 0.5) is 0 Å². The molecule has 0 saturated heterocycles. The van der Waals surface area contributed by atoms with E-state index in [-0.39, 0.29) is 6.61 Å². The van der Waals surface area contributed by atoms with Gasteiger partial charge in [0, 0.05) is 17.5 Å². The molecule has 0 N–H and O–H groups in total. The quantitative estimate of drug-likeness (QED) is 0.391. The fourth-order valence-corrected chi connectivity index (χ4v) is 3.47. The Labute approximate surface area is 179 Å². The molecule has 158 valence electrons. The van der Waals surface area contributed by atoms with E-state index in [0.29, 0.717) is 28.6 Å². The summed E-state index contributed by atoms with van der Waals surface area (Å²) in [6, 6.07) is 20.4. The van der Waals surface area contributed by atoms with Crippen molar-refractivity contribution in [2.24, 2.45) is 0 Å². The Morgan fingerprint density at radius 3 is 2.16 bits per heavy atom. The van der Waals surface area contributed by atoms with Crippen molar-refractivity contribution in [1.29, 1.82) is 0 Å². The van der Waals surface area contributed by atoms with Crippen LogP contribution in [0.25, 0.3) is 22.1 Å². The van der Waals surface area contributed by atoms with Gasteiger partial charge >= 0.3 is 5.63 Å². The lowest BCUT2D eigenvalue weighted by atomic mass is 10.0. The van der Waals surface area contributed by atoms with Gasteiger partial charge in [0.1, 0.15) is 17.9 Å². The van der Waals surface area contributed by atoms with Crippen LogP contribution in [0.1, 0.15) is 5.56 Å². The molecule has 4 rings (SSSR count). The average molecular weight is 418 g/mol. The highest BCUT2D eigenvalue weighted by molar-refractivity contribution is 5.93. The van der Waals surface area contributed by atoms with Gasteiger partial charge in [-0.15, -0.1) is 0 Å². The van der Waals surface area contributed by atoms with Crippen LogP contribution in [0.5, 0.6) is 23.0 Å². The van der Waals surface area contributed by atoms with Gasteiger partial charge in [-0.1, -0.05) is 30.3 Å². The summed E-state index contributed by atoms with van der Waals surface area (Å²) in [6.45, 7) is 0.269. The normalized spacial score (nSPS) is 10.7. The largest absolute Gasteiger partial charge is 0.493 e. The van der Waals surface area contributed by atoms with Crippen molar-refractivity contribution in [1.82, 2.24) is 0 Å². The van der Waals surface area contributed by atoms with Gasteiger partial charge in [-0.2, -0.15) is 0 Å². The number of ether oxygens (including phenoxy) is 4. The molecule has 31 heavy (non-hydrogen) atoms. The van der Waals surface area contributed by atoms with Gasteiger partial charge in [0.2, 0.25) is 5.75 Å². The molecule has 6 heteroatoms. The highest BCUT2D eigenvalue weighted by atomic mass is 16.5.